The van der Waals surface area contributed by atoms with Gasteiger partial charge in [-0.2, -0.15) is 9.90 Å². The van der Waals surface area contributed by atoms with E-state index in [4.69, 9.17) is 0 Å². The Morgan fingerprint density at radius 2 is 1.85 bits per heavy atom. The van der Waals surface area contributed by atoms with Gasteiger partial charge in [0.1, 0.15) is 0 Å². The van der Waals surface area contributed by atoms with Crippen molar-refractivity contribution in [2.45, 2.75) is 6.54 Å². The third-order valence-corrected chi connectivity index (χ3v) is 3.90. The van der Waals surface area contributed by atoms with Crippen LogP contribution in [0.25, 0.3) is 5.69 Å². The molecule has 26 heavy (non-hydrogen) atoms. The van der Waals surface area contributed by atoms with Crippen molar-refractivity contribution in [3.05, 3.63) is 72.3 Å². The molecule has 0 fully saturated rings. The molecule has 134 valence electrons. The van der Waals surface area contributed by atoms with Gasteiger partial charge < -0.3 is 9.80 Å². The van der Waals surface area contributed by atoms with Gasteiger partial charge in [-0.3, -0.25) is 9.78 Å². The van der Waals surface area contributed by atoms with Crippen molar-refractivity contribution in [2.75, 3.05) is 27.2 Å². The van der Waals surface area contributed by atoms with E-state index in [9.17, 15) is 4.79 Å². The number of benzene rings is 1. The highest BCUT2D eigenvalue weighted by Crippen LogP contribution is 2.10. The zero-order valence-electron chi connectivity index (χ0n) is 15.0. The Hall–Kier alpha value is -3.06. The van der Waals surface area contributed by atoms with E-state index in [1.165, 1.54) is 11.0 Å². The highest BCUT2D eigenvalue weighted by Gasteiger charge is 2.20. The summed E-state index contributed by atoms with van der Waals surface area (Å²) in [4.78, 5) is 22.4. The fraction of sp³-hybridized carbons (Fsp3) is 0.263. The first-order valence-electron chi connectivity index (χ1n) is 8.44. The summed E-state index contributed by atoms with van der Waals surface area (Å²) in [7, 11) is 3.97. The number of rotatable bonds is 7. The molecule has 0 unspecified atom stereocenters. The molecule has 1 amide bonds. The fourth-order valence-corrected chi connectivity index (χ4v) is 2.49. The van der Waals surface area contributed by atoms with Crippen LogP contribution in [0.15, 0.2) is 61.1 Å². The maximum atomic E-state index is 13.0. The van der Waals surface area contributed by atoms with Gasteiger partial charge in [0.05, 0.1) is 11.9 Å². The average molecular weight is 350 g/mol. The van der Waals surface area contributed by atoms with Crippen LogP contribution >= 0.6 is 0 Å². The zero-order chi connectivity index (χ0) is 18.4. The Labute approximate surface area is 152 Å². The van der Waals surface area contributed by atoms with Crippen LogP contribution in [0.1, 0.15) is 16.1 Å². The van der Waals surface area contributed by atoms with Crippen LogP contribution in [0.5, 0.6) is 0 Å². The summed E-state index contributed by atoms with van der Waals surface area (Å²) in [5, 5.41) is 8.58. The maximum Gasteiger partial charge on any atom is 0.276 e. The minimum atomic E-state index is -0.141. The van der Waals surface area contributed by atoms with E-state index in [2.05, 4.69) is 15.2 Å². The summed E-state index contributed by atoms with van der Waals surface area (Å²) in [6.07, 6.45) is 5.01. The van der Waals surface area contributed by atoms with Gasteiger partial charge in [0.2, 0.25) is 0 Å². The molecule has 0 atom stereocenters. The largest absolute Gasteiger partial charge is 0.332 e. The number of hydrogen-bond donors (Lipinski definition) is 0. The third kappa shape index (κ3) is 4.52. The van der Waals surface area contributed by atoms with Crippen molar-refractivity contribution in [2.24, 2.45) is 0 Å². The predicted octanol–water partition coefficient (Wildman–Crippen LogP) is 1.87. The lowest BCUT2D eigenvalue weighted by atomic mass is 10.2. The van der Waals surface area contributed by atoms with Crippen molar-refractivity contribution < 1.29 is 4.79 Å². The van der Waals surface area contributed by atoms with Crippen molar-refractivity contribution in [1.82, 2.24) is 29.8 Å². The van der Waals surface area contributed by atoms with Gasteiger partial charge in [0.15, 0.2) is 5.69 Å². The first-order chi connectivity index (χ1) is 12.6. The Kier molecular flexibility index (Phi) is 5.70. The van der Waals surface area contributed by atoms with Gasteiger partial charge in [0, 0.05) is 32.0 Å². The molecule has 0 saturated heterocycles. The number of carbonyl (C=O) groups excluding carboxylic acids is 1. The van der Waals surface area contributed by atoms with Gasteiger partial charge in [-0.05, 0) is 37.9 Å². The first kappa shape index (κ1) is 17.8. The number of carbonyl (C=O) groups is 1. The molecule has 0 spiro atoms. The second-order valence-electron chi connectivity index (χ2n) is 6.25. The lowest BCUT2D eigenvalue weighted by molar-refractivity contribution is 0.0725. The number of hydrogen-bond acceptors (Lipinski definition) is 5. The second-order valence-corrected chi connectivity index (χ2v) is 6.25. The van der Waals surface area contributed by atoms with Crippen LogP contribution < -0.4 is 0 Å². The SMILES string of the molecule is CN(C)CCN(Cc1cccnc1)C(=O)c1cnn(-c2ccccc2)n1. The van der Waals surface area contributed by atoms with Crippen LogP contribution in [0, 0.1) is 0 Å². The minimum absolute atomic E-state index is 0.141. The Bertz CT molecular complexity index is 832. The van der Waals surface area contributed by atoms with E-state index in [1.807, 2.05) is 61.5 Å². The summed E-state index contributed by atoms with van der Waals surface area (Å²) in [5.41, 5.74) is 2.13. The molecule has 0 aliphatic carbocycles. The molecule has 3 aromatic rings. The molecular formula is C19H22N6O. The van der Waals surface area contributed by atoms with Crippen LogP contribution in [-0.4, -0.2) is 62.9 Å². The van der Waals surface area contributed by atoms with Crippen molar-refractivity contribution in [1.29, 1.82) is 0 Å². The lowest BCUT2D eigenvalue weighted by Crippen LogP contribution is -2.36. The number of aromatic nitrogens is 4. The fourth-order valence-electron chi connectivity index (χ4n) is 2.49. The number of pyridine rings is 1. The number of amides is 1. The van der Waals surface area contributed by atoms with Gasteiger partial charge in [-0.25, -0.2) is 0 Å². The monoisotopic (exact) mass is 350 g/mol. The summed E-state index contributed by atoms with van der Waals surface area (Å²) in [6.45, 7) is 1.84. The molecule has 7 heteroatoms. The van der Waals surface area contributed by atoms with Crippen molar-refractivity contribution in [3.8, 4) is 5.69 Å². The number of nitrogens with zero attached hydrogens (tertiary/aromatic N) is 6. The molecule has 1 aromatic carbocycles. The summed E-state index contributed by atoms with van der Waals surface area (Å²) in [6, 6.07) is 13.4. The smallest absolute Gasteiger partial charge is 0.276 e. The molecule has 0 bridgehead atoms. The van der Waals surface area contributed by atoms with E-state index in [0.717, 1.165) is 17.8 Å². The normalized spacial score (nSPS) is 10.9. The molecule has 2 heterocycles. The third-order valence-electron chi connectivity index (χ3n) is 3.90. The van der Waals surface area contributed by atoms with Gasteiger partial charge in [-0.1, -0.05) is 24.3 Å². The first-order valence-corrected chi connectivity index (χ1v) is 8.44. The van der Waals surface area contributed by atoms with Crippen LogP contribution in [0.2, 0.25) is 0 Å². The minimum Gasteiger partial charge on any atom is -0.332 e. The summed E-state index contributed by atoms with van der Waals surface area (Å²) >= 11 is 0. The molecular weight excluding hydrogens is 328 g/mol. The summed E-state index contributed by atoms with van der Waals surface area (Å²) in [5.74, 6) is -0.141. The standard InChI is InChI=1S/C19H22N6O/c1-23(2)11-12-24(15-16-7-6-10-20-13-16)19(26)18-14-21-25(22-18)17-8-4-3-5-9-17/h3-10,13-14H,11-12,15H2,1-2H3. The average Bonchev–Trinajstić information content (AvgIpc) is 3.16. The number of para-hydroxylation sites is 1. The van der Waals surface area contributed by atoms with Crippen molar-refractivity contribution in [3.63, 3.8) is 0 Å². The molecule has 0 aliphatic rings. The van der Waals surface area contributed by atoms with E-state index >= 15 is 0 Å². The van der Waals surface area contributed by atoms with E-state index in [0.29, 0.717) is 18.8 Å². The quantitative estimate of drug-likeness (QED) is 0.651. The van der Waals surface area contributed by atoms with Crippen LogP contribution in [0.4, 0.5) is 0 Å². The molecule has 7 nitrogen and oxygen atoms in total. The van der Waals surface area contributed by atoms with Crippen LogP contribution in [-0.2, 0) is 6.54 Å². The molecule has 3 rings (SSSR count). The van der Waals surface area contributed by atoms with Gasteiger partial charge in [0.25, 0.3) is 5.91 Å². The molecule has 0 saturated carbocycles. The van der Waals surface area contributed by atoms with E-state index in [-0.39, 0.29) is 5.91 Å². The summed E-state index contributed by atoms with van der Waals surface area (Å²) < 4.78 is 0. The van der Waals surface area contributed by atoms with Gasteiger partial charge in [-0.15, -0.1) is 5.10 Å². The topological polar surface area (TPSA) is 67.2 Å². The number of likely N-dealkylation sites (N-methyl/N-ethyl adjacent to an activating group) is 1. The predicted molar refractivity (Wildman–Crippen MR) is 98.9 cm³/mol. The molecule has 0 N–H and O–H groups in total. The van der Waals surface area contributed by atoms with Crippen LogP contribution in [0.3, 0.4) is 0 Å². The van der Waals surface area contributed by atoms with Crippen molar-refractivity contribution >= 4 is 5.91 Å². The Morgan fingerprint density at radius 1 is 1.04 bits per heavy atom. The van der Waals surface area contributed by atoms with Gasteiger partial charge >= 0.3 is 0 Å². The molecule has 0 radical (unpaired) electrons. The Morgan fingerprint density at radius 3 is 2.54 bits per heavy atom. The van der Waals surface area contributed by atoms with E-state index < -0.39 is 0 Å². The highest BCUT2D eigenvalue weighted by atomic mass is 16.2. The zero-order valence-corrected chi connectivity index (χ0v) is 15.0. The lowest BCUT2D eigenvalue weighted by Gasteiger charge is -2.23. The molecule has 2 aromatic heterocycles. The maximum absolute atomic E-state index is 13.0. The second kappa shape index (κ2) is 8.35. The highest BCUT2D eigenvalue weighted by molar-refractivity contribution is 5.91. The Balaban J connectivity index is 1.79. The molecule has 0 aliphatic heterocycles. The van der Waals surface area contributed by atoms with E-state index in [1.54, 1.807) is 17.3 Å².